The van der Waals surface area contributed by atoms with Crippen molar-refractivity contribution in [3.63, 3.8) is 0 Å². The molecular formula is C13H14BrN3O4. The summed E-state index contributed by atoms with van der Waals surface area (Å²) in [6.45, 7) is 0.837. The predicted molar refractivity (Wildman–Crippen MR) is 79.3 cm³/mol. The SMILES string of the molecule is CN1CCN(C(=O)Nc2c(Br)cccc2C(=O)O)CC1=O. The average molecular weight is 356 g/mol. The lowest BCUT2D eigenvalue weighted by atomic mass is 10.2. The molecule has 21 heavy (non-hydrogen) atoms. The van der Waals surface area contributed by atoms with Crippen LogP contribution in [0.2, 0.25) is 0 Å². The molecule has 1 aliphatic heterocycles. The Bertz CT molecular complexity index is 605. The largest absolute Gasteiger partial charge is 0.478 e. The summed E-state index contributed by atoms with van der Waals surface area (Å²) < 4.78 is 0.469. The summed E-state index contributed by atoms with van der Waals surface area (Å²) in [5.41, 5.74) is 0.166. The molecule has 1 aromatic rings. The number of carboxylic acids is 1. The normalized spacial score (nSPS) is 15.0. The summed E-state index contributed by atoms with van der Waals surface area (Å²) >= 11 is 3.22. The maximum atomic E-state index is 12.2. The fraction of sp³-hybridized carbons (Fsp3) is 0.308. The molecule has 2 rings (SSSR count). The number of benzene rings is 1. The zero-order valence-corrected chi connectivity index (χ0v) is 12.9. The van der Waals surface area contributed by atoms with Gasteiger partial charge in [0, 0.05) is 24.6 Å². The molecule has 1 aromatic carbocycles. The molecule has 0 radical (unpaired) electrons. The molecule has 0 aromatic heterocycles. The number of amides is 3. The monoisotopic (exact) mass is 355 g/mol. The van der Waals surface area contributed by atoms with E-state index in [1.54, 1.807) is 24.1 Å². The number of nitrogens with zero attached hydrogens (tertiary/aromatic N) is 2. The van der Waals surface area contributed by atoms with Gasteiger partial charge in [-0.2, -0.15) is 0 Å². The van der Waals surface area contributed by atoms with Crippen molar-refractivity contribution in [1.82, 2.24) is 9.80 Å². The molecule has 1 aliphatic rings. The fourth-order valence-corrected chi connectivity index (χ4v) is 2.41. The van der Waals surface area contributed by atoms with Gasteiger partial charge in [0.1, 0.15) is 6.54 Å². The Labute approximate surface area is 129 Å². The van der Waals surface area contributed by atoms with Crippen LogP contribution < -0.4 is 5.32 Å². The van der Waals surface area contributed by atoms with E-state index in [2.05, 4.69) is 21.2 Å². The molecule has 3 amide bonds. The topological polar surface area (TPSA) is 89.9 Å². The van der Waals surface area contributed by atoms with E-state index in [1.807, 2.05) is 0 Å². The van der Waals surface area contributed by atoms with E-state index in [1.165, 1.54) is 11.0 Å². The molecular weight excluding hydrogens is 342 g/mol. The summed E-state index contributed by atoms with van der Waals surface area (Å²) in [4.78, 5) is 37.9. The number of carboxylic acid groups (broad SMARTS) is 1. The van der Waals surface area contributed by atoms with Gasteiger partial charge in [-0.15, -0.1) is 0 Å². The summed E-state index contributed by atoms with van der Waals surface area (Å²) in [5.74, 6) is -1.29. The van der Waals surface area contributed by atoms with Crippen molar-refractivity contribution >= 4 is 39.5 Å². The van der Waals surface area contributed by atoms with Gasteiger partial charge in [-0.05, 0) is 28.1 Å². The highest BCUT2D eigenvalue weighted by molar-refractivity contribution is 9.10. The van der Waals surface area contributed by atoms with Crippen LogP contribution in [0.15, 0.2) is 22.7 Å². The Morgan fingerprint density at radius 2 is 2.05 bits per heavy atom. The van der Waals surface area contributed by atoms with Crippen molar-refractivity contribution in [3.05, 3.63) is 28.2 Å². The van der Waals surface area contributed by atoms with E-state index < -0.39 is 12.0 Å². The Hall–Kier alpha value is -2.09. The number of anilines is 1. The predicted octanol–water partition coefficient (Wildman–Crippen LogP) is 1.45. The molecule has 1 saturated heterocycles. The van der Waals surface area contributed by atoms with Crippen molar-refractivity contribution in [2.45, 2.75) is 0 Å². The van der Waals surface area contributed by atoms with Gasteiger partial charge < -0.3 is 20.2 Å². The number of nitrogens with one attached hydrogen (secondary N) is 1. The first-order valence-electron chi connectivity index (χ1n) is 6.22. The third kappa shape index (κ3) is 3.33. The molecule has 0 unspecified atom stereocenters. The third-order valence-electron chi connectivity index (χ3n) is 3.22. The van der Waals surface area contributed by atoms with Crippen molar-refractivity contribution in [2.24, 2.45) is 0 Å². The van der Waals surface area contributed by atoms with Crippen LogP contribution in [0.3, 0.4) is 0 Å². The average Bonchev–Trinajstić information content (AvgIpc) is 2.43. The van der Waals surface area contributed by atoms with Gasteiger partial charge in [0.25, 0.3) is 0 Å². The Morgan fingerprint density at radius 3 is 2.67 bits per heavy atom. The van der Waals surface area contributed by atoms with Crippen molar-refractivity contribution < 1.29 is 19.5 Å². The van der Waals surface area contributed by atoms with Gasteiger partial charge in [-0.1, -0.05) is 6.07 Å². The lowest BCUT2D eigenvalue weighted by Gasteiger charge is -2.32. The molecule has 1 fully saturated rings. The lowest BCUT2D eigenvalue weighted by Crippen LogP contribution is -2.51. The van der Waals surface area contributed by atoms with Gasteiger partial charge in [-0.25, -0.2) is 9.59 Å². The van der Waals surface area contributed by atoms with Crippen LogP contribution in [0.4, 0.5) is 10.5 Å². The number of hydrogen-bond acceptors (Lipinski definition) is 3. The standard InChI is InChI=1S/C13H14BrN3O4/c1-16-5-6-17(7-10(16)18)13(21)15-11-8(12(19)20)3-2-4-9(11)14/h2-4H,5-7H2,1H3,(H,15,21)(H,19,20). The Kier molecular flexibility index (Phi) is 4.46. The number of carbonyl (C=O) groups excluding carboxylic acids is 2. The van der Waals surface area contributed by atoms with Crippen molar-refractivity contribution in [1.29, 1.82) is 0 Å². The molecule has 7 nitrogen and oxygen atoms in total. The first-order chi connectivity index (χ1) is 9.90. The molecule has 0 saturated carbocycles. The summed E-state index contributed by atoms with van der Waals surface area (Å²) in [7, 11) is 1.67. The number of likely N-dealkylation sites (N-methyl/N-ethyl adjacent to an activating group) is 1. The maximum absolute atomic E-state index is 12.2. The van der Waals surface area contributed by atoms with Crippen LogP contribution in [0.1, 0.15) is 10.4 Å². The summed E-state index contributed by atoms with van der Waals surface area (Å²) in [5, 5.41) is 11.7. The van der Waals surface area contributed by atoms with Gasteiger partial charge >= 0.3 is 12.0 Å². The maximum Gasteiger partial charge on any atom is 0.337 e. The van der Waals surface area contributed by atoms with Crippen LogP contribution in [0.25, 0.3) is 0 Å². The van der Waals surface area contributed by atoms with Crippen LogP contribution in [0, 0.1) is 0 Å². The molecule has 0 atom stereocenters. The molecule has 112 valence electrons. The van der Waals surface area contributed by atoms with Crippen LogP contribution in [-0.2, 0) is 4.79 Å². The molecule has 0 bridgehead atoms. The van der Waals surface area contributed by atoms with E-state index in [4.69, 9.17) is 5.11 Å². The van der Waals surface area contributed by atoms with E-state index in [0.29, 0.717) is 17.6 Å². The van der Waals surface area contributed by atoms with E-state index in [9.17, 15) is 14.4 Å². The highest BCUT2D eigenvalue weighted by Gasteiger charge is 2.26. The third-order valence-corrected chi connectivity index (χ3v) is 3.88. The van der Waals surface area contributed by atoms with Crippen molar-refractivity contribution in [2.75, 3.05) is 32.0 Å². The second-order valence-electron chi connectivity index (χ2n) is 4.63. The van der Waals surface area contributed by atoms with Gasteiger partial charge in [0.05, 0.1) is 11.3 Å². The number of halogens is 1. The fourth-order valence-electron chi connectivity index (χ4n) is 1.95. The minimum atomic E-state index is -1.14. The summed E-state index contributed by atoms with van der Waals surface area (Å²) in [6, 6.07) is 4.11. The molecule has 8 heteroatoms. The molecule has 2 N–H and O–H groups in total. The number of carbonyl (C=O) groups is 3. The zero-order chi connectivity index (χ0) is 15.6. The van der Waals surface area contributed by atoms with Gasteiger partial charge in [0.2, 0.25) is 5.91 Å². The second kappa shape index (κ2) is 6.13. The number of hydrogen-bond donors (Lipinski definition) is 2. The van der Waals surface area contributed by atoms with E-state index in [0.717, 1.165) is 0 Å². The number of para-hydroxylation sites is 1. The van der Waals surface area contributed by atoms with E-state index in [-0.39, 0.29) is 23.7 Å². The van der Waals surface area contributed by atoms with Crippen LogP contribution in [-0.4, -0.2) is 59.5 Å². The number of rotatable bonds is 2. The Balaban J connectivity index is 2.17. The highest BCUT2D eigenvalue weighted by atomic mass is 79.9. The van der Waals surface area contributed by atoms with E-state index >= 15 is 0 Å². The van der Waals surface area contributed by atoms with Crippen molar-refractivity contribution in [3.8, 4) is 0 Å². The van der Waals surface area contributed by atoms with Gasteiger partial charge in [0.15, 0.2) is 0 Å². The zero-order valence-electron chi connectivity index (χ0n) is 11.3. The lowest BCUT2D eigenvalue weighted by molar-refractivity contribution is -0.133. The molecule has 0 spiro atoms. The first kappa shape index (κ1) is 15.3. The summed E-state index contributed by atoms with van der Waals surface area (Å²) in [6.07, 6.45) is 0. The first-order valence-corrected chi connectivity index (χ1v) is 7.01. The van der Waals surface area contributed by atoms with Gasteiger partial charge in [-0.3, -0.25) is 4.79 Å². The molecule has 1 heterocycles. The number of piperazine rings is 1. The van der Waals surface area contributed by atoms with Crippen LogP contribution in [0.5, 0.6) is 0 Å². The number of urea groups is 1. The minimum Gasteiger partial charge on any atom is -0.478 e. The quantitative estimate of drug-likeness (QED) is 0.840. The number of aromatic carboxylic acids is 1. The second-order valence-corrected chi connectivity index (χ2v) is 5.49. The molecule has 0 aliphatic carbocycles. The highest BCUT2D eigenvalue weighted by Crippen LogP contribution is 2.27. The minimum absolute atomic E-state index is 0.0156. The smallest absolute Gasteiger partial charge is 0.337 e. The Morgan fingerprint density at radius 1 is 1.33 bits per heavy atom. The van der Waals surface area contributed by atoms with Crippen LogP contribution >= 0.6 is 15.9 Å².